The van der Waals surface area contributed by atoms with E-state index in [1.807, 2.05) is 43.3 Å². The van der Waals surface area contributed by atoms with E-state index in [-0.39, 0.29) is 0 Å². The van der Waals surface area contributed by atoms with Gasteiger partial charge in [0.25, 0.3) is 0 Å². The average Bonchev–Trinajstić information content (AvgIpc) is 2.79. The number of aryl methyl sites for hydroxylation is 2. The molecule has 1 N–H and O–H groups in total. The van der Waals surface area contributed by atoms with Crippen molar-refractivity contribution in [2.24, 2.45) is 0 Å². The number of rotatable bonds is 3. The van der Waals surface area contributed by atoms with Gasteiger partial charge in [0, 0.05) is 11.4 Å². The Bertz CT molecular complexity index is 681. The number of benzene rings is 2. The zero-order valence-electron chi connectivity index (χ0n) is 12.3. The number of hydrogen-bond acceptors (Lipinski definition) is 2. The van der Waals surface area contributed by atoms with Crippen LogP contribution >= 0.6 is 11.6 Å². The first kappa shape index (κ1) is 14.4. The van der Waals surface area contributed by atoms with Crippen molar-refractivity contribution in [3.8, 4) is 5.75 Å². The molecule has 1 aliphatic rings. The van der Waals surface area contributed by atoms with Crippen LogP contribution in [0.1, 0.15) is 28.7 Å². The van der Waals surface area contributed by atoms with Gasteiger partial charge in [-0.2, -0.15) is 0 Å². The molecule has 2 aromatic carbocycles. The predicted molar refractivity (Wildman–Crippen MR) is 85.1 cm³/mol. The van der Waals surface area contributed by atoms with Crippen LogP contribution in [0.15, 0.2) is 36.4 Å². The molecule has 1 unspecified atom stereocenters. The van der Waals surface area contributed by atoms with Crippen LogP contribution in [0.4, 0.5) is 0 Å². The first-order chi connectivity index (χ1) is 10.0. The Morgan fingerprint density at radius 3 is 2.76 bits per heavy atom. The lowest BCUT2D eigenvalue weighted by Gasteiger charge is -2.25. The fourth-order valence-corrected chi connectivity index (χ4v) is 3.41. The van der Waals surface area contributed by atoms with Crippen molar-refractivity contribution in [1.29, 1.82) is 0 Å². The highest BCUT2D eigenvalue weighted by Crippen LogP contribution is 2.41. The fraction of sp³-hybridized carbons (Fsp3) is 0.333. The number of ether oxygens (including phenoxy) is 1. The second-order valence-corrected chi connectivity index (χ2v) is 6.23. The third kappa shape index (κ3) is 2.66. The van der Waals surface area contributed by atoms with Gasteiger partial charge in [-0.3, -0.25) is 0 Å². The lowest BCUT2D eigenvalue weighted by Crippen LogP contribution is -2.25. The molecule has 0 aliphatic heterocycles. The van der Waals surface area contributed by atoms with Crippen LogP contribution in [0, 0.1) is 6.92 Å². The third-order valence-corrected chi connectivity index (χ3v) is 4.67. The molecule has 1 aliphatic carbocycles. The van der Waals surface area contributed by atoms with Gasteiger partial charge in [0.15, 0.2) is 0 Å². The number of hydrogen-bond donors (Lipinski definition) is 1. The van der Waals surface area contributed by atoms with Gasteiger partial charge in [0.1, 0.15) is 5.75 Å². The van der Waals surface area contributed by atoms with Crippen molar-refractivity contribution in [3.05, 3.63) is 63.7 Å². The molecule has 2 nitrogen and oxygen atoms in total. The van der Waals surface area contributed by atoms with Gasteiger partial charge >= 0.3 is 0 Å². The van der Waals surface area contributed by atoms with E-state index in [1.165, 1.54) is 5.56 Å². The molecule has 0 spiro atoms. The molecule has 0 aromatic heterocycles. The SMILES string of the molecule is COc1ccc2c(c1)C(O)(Cc1ccc(C)cc1Cl)CC2. The average molecular weight is 303 g/mol. The van der Waals surface area contributed by atoms with Crippen LogP contribution in [0.5, 0.6) is 5.75 Å². The van der Waals surface area contributed by atoms with Gasteiger partial charge in [0.05, 0.1) is 12.7 Å². The van der Waals surface area contributed by atoms with Gasteiger partial charge in [-0.05, 0) is 60.2 Å². The normalized spacial score (nSPS) is 20.4. The molecule has 21 heavy (non-hydrogen) atoms. The van der Waals surface area contributed by atoms with Gasteiger partial charge in [-0.1, -0.05) is 29.8 Å². The molecule has 3 heteroatoms. The molecule has 0 saturated carbocycles. The standard InChI is InChI=1S/C18H19ClO2/c1-12-3-4-14(17(19)9-12)11-18(20)8-7-13-5-6-15(21-2)10-16(13)18/h3-6,9-10,20H,7-8,11H2,1-2H3. The van der Waals surface area contributed by atoms with Crippen LogP contribution in [0.3, 0.4) is 0 Å². The van der Waals surface area contributed by atoms with Gasteiger partial charge in [-0.25, -0.2) is 0 Å². The third-order valence-electron chi connectivity index (χ3n) is 4.32. The summed E-state index contributed by atoms with van der Waals surface area (Å²) in [5.74, 6) is 0.782. The molecule has 0 radical (unpaired) electrons. The molecule has 0 heterocycles. The van der Waals surface area contributed by atoms with Gasteiger partial charge in [-0.15, -0.1) is 0 Å². The van der Waals surface area contributed by atoms with Gasteiger partial charge in [0.2, 0.25) is 0 Å². The molecular formula is C18H19ClO2. The maximum atomic E-state index is 11.1. The summed E-state index contributed by atoms with van der Waals surface area (Å²) >= 11 is 6.32. The second-order valence-electron chi connectivity index (χ2n) is 5.83. The summed E-state index contributed by atoms with van der Waals surface area (Å²) in [5, 5.41) is 11.8. The second kappa shape index (κ2) is 5.36. The minimum absolute atomic E-state index is 0.534. The monoisotopic (exact) mass is 302 g/mol. The molecular weight excluding hydrogens is 284 g/mol. The van der Waals surface area contributed by atoms with E-state index < -0.39 is 5.60 Å². The minimum atomic E-state index is -0.858. The lowest BCUT2D eigenvalue weighted by atomic mass is 9.88. The number of fused-ring (bicyclic) bond motifs is 1. The Balaban J connectivity index is 1.96. The van der Waals surface area contributed by atoms with E-state index in [9.17, 15) is 5.11 Å². The van der Waals surface area contributed by atoms with Crippen LogP contribution in [0.25, 0.3) is 0 Å². The maximum Gasteiger partial charge on any atom is 0.119 e. The van der Waals surface area contributed by atoms with Crippen molar-refractivity contribution < 1.29 is 9.84 Å². The first-order valence-corrected chi connectivity index (χ1v) is 7.54. The first-order valence-electron chi connectivity index (χ1n) is 7.17. The smallest absolute Gasteiger partial charge is 0.119 e. The maximum absolute atomic E-state index is 11.1. The molecule has 0 amide bonds. The summed E-state index contributed by atoms with van der Waals surface area (Å²) in [6.07, 6.45) is 2.14. The lowest BCUT2D eigenvalue weighted by molar-refractivity contribution is 0.0388. The van der Waals surface area contributed by atoms with E-state index in [4.69, 9.17) is 16.3 Å². The molecule has 0 fully saturated rings. The van der Waals surface area contributed by atoms with Crippen molar-refractivity contribution in [3.63, 3.8) is 0 Å². The molecule has 2 aromatic rings. The quantitative estimate of drug-likeness (QED) is 0.927. The van der Waals surface area contributed by atoms with Crippen LogP contribution in [-0.4, -0.2) is 12.2 Å². The highest BCUT2D eigenvalue weighted by Gasteiger charge is 2.37. The topological polar surface area (TPSA) is 29.5 Å². The predicted octanol–water partition coefficient (Wildman–Crippen LogP) is 4.03. The van der Waals surface area contributed by atoms with E-state index in [0.717, 1.165) is 40.3 Å². The molecule has 110 valence electrons. The molecule has 0 bridgehead atoms. The van der Waals surface area contributed by atoms with Crippen molar-refractivity contribution in [1.82, 2.24) is 0 Å². The van der Waals surface area contributed by atoms with Crippen molar-refractivity contribution in [2.75, 3.05) is 7.11 Å². The minimum Gasteiger partial charge on any atom is -0.497 e. The largest absolute Gasteiger partial charge is 0.497 e. The van der Waals surface area contributed by atoms with Crippen LogP contribution < -0.4 is 4.74 Å². The van der Waals surface area contributed by atoms with E-state index in [2.05, 4.69) is 0 Å². The Hall–Kier alpha value is -1.51. The Kier molecular flexibility index (Phi) is 3.68. The van der Waals surface area contributed by atoms with Crippen molar-refractivity contribution in [2.45, 2.75) is 31.8 Å². The fourth-order valence-electron chi connectivity index (χ4n) is 3.10. The molecule has 3 rings (SSSR count). The summed E-state index contributed by atoms with van der Waals surface area (Å²) < 4.78 is 5.29. The zero-order chi connectivity index (χ0) is 15.0. The highest BCUT2D eigenvalue weighted by atomic mass is 35.5. The van der Waals surface area contributed by atoms with Crippen LogP contribution in [-0.2, 0) is 18.4 Å². The van der Waals surface area contributed by atoms with E-state index in [0.29, 0.717) is 6.42 Å². The number of aliphatic hydroxyl groups is 1. The van der Waals surface area contributed by atoms with Crippen LogP contribution in [0.2, 0.25) is 5.02 Å². The summed E-state index contributed by atoms with van der Waals surface area (Å²) in [5.41, 5.74) is 3.42. The zero-order valence-corrected chi connectivity index (χ0v) is 13.1. The molecule has 1 atom stereocenters. The van der Waals surface area contributed by atoms with Gasteiger partial charge < -0.3 is 9.84 Å². The summed E-state index contributed by atoms with van der Waals surface area (Å²) in [7, 11) is 1.65. The Labute approximate surface area is 130 Å². The number of halogens is 1. The van der Waals surface area contributed by atoms with Crippen molar-refractivity contribution >= 4 is 11.6 Å². The van der Waals surface area contributed by atoms with E-state index >= 15 is 0 Å². The summed E-state index contributed by atoms with van der Waals surface area (Å²) in [4.78, 5) is 0. The number of methoxy groups -OCH3 is 1. The summed E-state index contributed by atoms with van der Waals surface area (Å²) in [6.45, 7) is 2.01. The Morgan fingerprint density at radius 1 is 1.24 bits per heavy atom. The molecule has 0 saturated heterocycles. The Morgan fingerprint density at radius 2 is 2.05 bits per heavy atom. The van der Waals surface area contributed by atoms with E-state index in [1.54, 1.807) is 7.11 Å². The highest BCUT2D eigenvalue weighted by molar-refractivity contribution is 6.31. The summed E-state index contributed by atoms with van der Waals surface area (Å²) in [6, 6.07) is 11.9.